The fraction of sp³-hybridized carbons (Fsp3) is 0.118. The van der Waals surface area contributed by atoms with Gasteiger partial charge in [0.2, 0.25) is 0 Å². The molecule has 0 bridgehead atoms. The Hall–Kier alpha value is -2.49. The number of benzene rings is 2. The second kappa shape index (κ2) is 6.79. The van der Waals surface area contributed by atoms with Crippen LogP contribution in [0.25, 0.3) is 6.08 Å². The third-order valence-electron chi connectivity index (χ3n) is 2.96. The lowest BCUT2D eigenvalue weighted by Gasteiger charge is -2.07. The van der Waals surface area contributed by atoms with Crippen LogP contribution in [0.4, 0.5) is 8.78 Å². The summed E-state index contributed by atoms with van der Waals surface area (Å²) in [4.78, 5) is 11.7. The Balaban J connectivity index is 2.00. The van der Waals surface area contributed by atoms with E-state index in [4.69, 9.17) is 4.74 Å². The Kier molecular flexibility index (Phi) is 4.82. The molecule has 0 N–H and O–H groups in total. The van der Waals surface area contributed by atoms with E-state index in [9.17, 15) is 13.6 Å². The average Bonchev–Trinajstić information content (AvgIpc) is 2.49. The summed E-state index contributed by atoms with van der Waals surface area (Å²) in [6.45, 7) is 3.49. The largest absolute Gasteiger partial charge is 0.461 e. The van der Waals surface area contributed by atoms with E-state index in [2.05, 4.69) is 6.58 Å². The van der Waals surface area contributed by atoms with Crippen LogP contribution in [-0.4, -0.2) is 5.97 Å². The third-order valence-corrected chi connectivity index (χ3v) is 2.96. The molecule has 0 saturated heterocycles. The zero-order valence-corrected chi connectivity index (χ0v) is 11.3. The molecule has 108 valence electrons. The van der Waals surface area contributed by atoms with Gasteiger partial charge in [-0.25, -0.2) is 8.78 Å². The monoisotopic (exact) mass is 288 g/mol. The van der Waals surface area contributed by atoms with Gasteiger partial charge in [0.05, 0.1) is 6.42 Å². The molecule has 2 aromatic rings. The summed E-state index contributed by atoms with van der Waals surface area (Å²) < 4.78 is 32.3. The highest BCUT2D eigenvalue weighted by atomic mass is 19.1. The second-order valence-corrected chi connectivity index (χ2v) is 4.49. The summed E-state index contributed by atoms with van der Waals surface area (Å²) in [6.07, 6.45) is 0.906. The van der Waals surface area contributed by atoms with Gasteiger partial charge in [0.25, 0.3) is 0 Å². The number of carbonyl (C=O) groups excluding carboxylic acids is 1. The minimum atomic E-state index is -0.650. The SMILES string of the molecule is C=Cc1cc(F)c(CC(=O)OCc2ccccc2)cc1F. The van der Waals surface area contributed by atoms with Crippen LogP contribution in [0.5, 0.6) is 0 Å². The summed E-state index contributed by atoms with van der Waals surface area (Å²) in [5.74, 6) is -1.87. The first-order chi connectivity index (χ1) is 10.1. The second-order valence-electron chi connectivity index (χ2n) is 4.49. The van der Waals surface area contributed by atoms with Gasteiger partial charge in [-0.3, -0.25) is 4.79 Å². The molecule has 0 atom stereocenters. The predicted molar refractivity (Wildman–Crippen MR) is 76.4 cm³/mol. The molecule has 0 aliphatic rings. The first-order valence-electron chi connectivity index (χ1n) is 6.40. The van der Waals surface area contributed by atoms with Crippen LogP contribution in [0.15, 0.2) is 49.0 Å². The van der Waals surface area contributed by atoms with Crippen LogP contribution >= 0.6 is 0 Å². The van der Waals surface area contributed by atoms with Crippen molar-refractivity contribution in [2.75, 3.05) is 0 Å². The van der Waals surface area contributed by atoms with Gasteiger partial charge in [0.1, 0.15) is 18.2 Å². The molecule has 0 heterocycles. The summed E-state index contributed by atoms with van der Waals surface area (Å²) in [7, 11) is 0. The molecule has 2 rings (SSSR count). The van der Waals surface area contributed by atoms with Gasteiger partial charge in [-0.05, 0) is 17.7 Å². The summed E-state index contributed by atoms with van der Waals surface area (Å²) in [5, 5.41) is 0. The molecule has 0 saturated carbocycles. The number of esters is 1. The third kappa shape index (κ3) is 3.99. The van der Waals surface area contributed by atoms with Gasteiger partial charge in [0, 0.05) is 11.1 Å². The molecule has 0 fully saturated rings. The van der Waals surface area contributed by atoms with Crippen LogP contribution in [0.3, 0.4) is 0 Å². The molecule has 2 aromatic carbocycles. The fourth-order valence-corrected chi connectivity index (χ4v) is 1.84. The van der Waals surface area contributed by atoms with E-state index in [1.807, 2.05) is 30.3 Å². The van der Waals surface area contributed by atoms with Crippen molar-refractivity contribution in [2.45, 2.75) is 13.0 Å². The minimum absolute atomic E-state index is 0.0313. The maximum absolute atomic E-state index is 13.7. The average molecular weight is 288 g/mol. The molecule has 0 aliphatic carbocycles. The van der Waals surface area contributed by atoms with E-state index in [0.717, 1.165) is 17.7 Å². The predicted octanol–water partition coefficient (Wildman–Crippen LogP) is 3.89. The van der Waals surface area contributed by atoms with Crippen molar-refractivity contribution < 1.29 is 18.3 Å². The molecule has 2 nitrogen and oxygen atoms in total. The summed E-state index contributed by atoms with van der Waals surface area (Å²) in [6, 6.07) is 11.1. The van der Waals surface area contributed by atoms with Crippen molar-refractivity contribution in [3.05, 3.63) is 77.4 Å². The van der Waals surface area contributed by atoms with E-state index in [1.54, 1.807) is 0 Å². The van der Waals surface area contributed by atoms with E-state index in [0.29, 0.717) is 0 Å². The lowest BCUT2D eigenvalue weighted by Crippen LogP contribution is -2.10. The zero-order chi connectivity index (χ0) is 15.2. The molecule has 0 amide bonds. The topological polar surface area (TPSA) is 26.3 Å². The van der Waals surface area contributed by atoms with Crippen LogP contribution in [0.2, 0.25) is 0 Å². The lowest BCUT2D eigenvalue weighted by molar-refractivity contribution is -0.144. The van der Waals surface area contributed by atoms with Crippen LogP contribution < -0.4 is 0 Å². The van der Waals surface area contributed by atoms with E-state index in [1.165, 1.54) is 6.08 Å². The Morgan fingerprint density at radius 3 is 2.52 bits per heavy atom. The number of hydrogen-bond acceptors (Lipinski definition) is 2. The van der Waals surface area contributed by atoms with E-state index >= 15 is 0 Å². The van der Waals surface area contributed by atoms with Crippen molar-refractivity contribution in [1.29, 1.82) is 0 Å². The minimum Gasteiger partial charge on any atom is -0.461 e. The normalized spacial score (nSPS) is 10.2. The van der Waals surface area contributed by atoms with Gasteiger partial charge in [-0.1, -0.05) is 43.0 Å². The Labute approximate surface area is 121 Å². The molecular weight excluding hydrogens is 274 g/mol. The van der Waals surface area contributed by atoms with Gasteiger partial charge < -0.3 is 4.74 Å². The number of halogens is 2. The number of hydrogen-bond donors (Lipinski definition) is 0. The van der Waals surface area contributed by atoms with Crippen LogP contribution in [0.1, 0.15) is 16.7 Å². The first-order valence-corrected chi connectivity index (χ1v) is 6.40. The Bertz CT molecular complexity index is 651. The van der Waals surface area contributed by atoms with Crippen molar-refractivity contribution in [3.63, 3.8) is 0 Å². The number of rotatable bonds is 5. The lowest BCUT2D eigenvalue weighted by atomic mass is 10.1. The highest BCUT2D eigenvalue weighted by Crippen LogP contribution is 2.17. The van der Waals surface area contributed by atoms with Crippen molar-refractivity contribution in [3.8, 4) is 0 Å². The maximum atomic E-state index is 13.7. The van der Waals surface area contributed by atoms with Crippen molar-refractivity contribution >= 4 is 12.0 Å². The smallest absolute Gasteiger partial charge is 0.310 e. The molecule has 0 spiro atoms. The molecule has 0 aromatic heterocycles. The Morgan fingerprint density at radius 2 is 1.86 bits per heavy atom. The molecule has 0 radical (unpaired) electrons. The highest BCUT2D eigenvalue weighted by molar-refractivity contribution is 5.72. The van der Waals surface area contributed by atoms with E-state index < -0.39 is 17.6 Å². The summed E-state index contributed by atoms with van der Waals surface area (Å²) in [5.41, 5.74) is 0.865. The van der Waals surface area contributed by atoms with E-state index in [-0.39, 0.29) is 24.2 Å². The van der Waals surface area contributed by atoms with Gasteiger partial charge in [-0.2, -0.15) is 0 Å². The van der Waals surface area contributed by atoms with Crippen molar-refractivity contribution in [1.82, 2.24) is 0 Å². The Morgan fingerprint density at radius 1 is 1.14 bits per heavy atom. The first kappa shape index (κ1) is 14.9. The molecule has 0 aliphatic heterocycles. The fourth-order valence-electron chi connectivity index (χ4n) is 1.84. The van der Waals surface area contributed by atoms with Gasteiger partial charge in [0.15, 0.2) is 0 Å². The number of ether oxygens (including phenoxy) is 1. The molecule has 4 heteroatoms. The standard InChI is InChI=1S/C17H14F2O2/c1-2-13-8-16(19)14(9-15(13)18)10-17(20)21-11-12-6-4-3-5-7-12/h2-9H,1,10-11H2. The zero-order valence-electron chi connectivity index (χ0n) is 11.3. The van der Waals surface area contributed by atoms with Crippen LogP contribution in [0, 0.1) is 11.6 Å². The molecular formula is C17H14F2O2. The number of carbonyl (C=O) groups is 1. The van der Waals surface area contributed by atoms with Crippen molar-refractivity contribution in [2.24, 2.45) is 0 Å². The van der Waals surface area contributed by atoms with Crippen LogP contribution in [-0.2, 0) is 22.6 Å². The van der Waals surface area contributed by atoms with Gasteiger partial charge in [-0.15, -0.1) is 0 Å². The summed E-state index contributed by atoms with van der Waals surface area (Å²) >= 11 is 0. The van der Waals surface area contributed by atoms with Gasteiger partial charge >= 0.3 is 5.97 Å². The molecule has 0 unspecified atom stereocenters. The highest BCUT2D eigenvalue weighted by Gasteiger charge is 2.13. The quantitative estimate of drug-likeness (QED) is 0.780. The maximum Gasteiger partial charge on any atom is 0.310 e. The molecule has 21 heavy (non-hydrogen) atoms.